The molecule has 13 rings (SSSR count). The van der Waals surface area contributed by atoms with Gasteiger partial charge < -0.3 is 39.0 Å². The Hall–Kier alpha value is -5.99. The molecule has 1 amide bonds. The first-order valence-corrected chi connectivity index (χ1v) is 27.3. The summed E-state index contributed by atoms with van der Waals surface area (Å²) in [5.74, 6) is -0.465. The number of amides is 1. The molecule has 2 aromatic heterocycles. The highest BCUT2D eigenvalue weighted by molar-refractivity contribution is 7.90. The first-order valence-electron chi connectivity index (χ1n) is 25.8. The highest BCUT2D eigenvalue weighted by Crippen LogP contribution is 2.54. The molecule has 19 heteroatoms. The number of ether oxygens (including phenoxy) is 4. The van der Waals surface area contributed by atoms with Crippen LogP contribution in [0.25, 0.3) is 11.0 Å². The number of sulfonamides is 1. The van der Waals surface area contributed by atoms with Crippen LogP contribution >= 0.6 is 0 Å². The summed E-state index contributed by atoms with van der Waals surface area (Å²) in [5, 5.41) is 16.7. The Morgan fingerprint density at radius 3 is 2.64 bits per heavy atom. The fraction of sp³-hybridized carbons (Fsp3) is 0.509. The Morgan fingerprint density at radius 2 is 1.83 bits per heavy atom. The topological polar surface area (TPSA) is 197 Å². The molecule has 18 nitrogen and oxygen atoms in total. The minimum atomic E-state index is -4.69. The number of piperidine rings is 1. The third-order valence-electron chi connectivity index (χ3n) is 17.3. The number of nitrogens with zero attached hydrogens (tertiary/aromatic N) is 6. The Morgan fingerprint density at radius 1 is 0.972 bits per heavy atom. The lowest BCUT2D eigenvalue weighted by Gasteiger charge is -2.56. The van der Waals surface area contributed by atoms with Gasteiger partial charge in [0.25, 0.3) is 21.6 Å². The van der Waals surface area contributed by atoms with E-state index in [0.717, 1.165) is 62.6 Å². The monoisotopic (exact) mass is 999 g/mol. The van der Waals surface area contributed by atoms with Crippen LogP contribution in [0.1, 0.15) is 78.9 Å². The number of aromatic nitrogens is 2. The molecule has 72 heavy (non-hydrogen) atoms. The van der Waals surface area contributed by atoms with Gasteiger partial charge in [-0.25, -0.2) is 13.1 Å². The number of likely N-dealkylation sites (tertiary alicyclic amines) is 2. The van der Waals surface area contributed by atoms with Gasteiger partial charge >= 0.3 is 0 Å². The maximum Gasteiger partial charge on any atom is 0.297 e. The molecule has 9 heterocycles. The Bertz CT molecular complexity index is 3060. The Kier molecular flexibility index (Phi) is 11.4. The summed E-state index contributed by atoms with van der Waals surface area (Å²) in [6.07, 6.45) is 10.3. The van der Waals surface area contributed by atoms with Crippen LogP contribution in [0.15, 0.2) is 77.8 Å². The Labute approximate surface area is 418 Å². The molecular weight excluding hydrogens is 939 g/mol. The number of pyridine rings is 1. The average molecular weight is 1000 g/mol. The van der Waals surface area contributed by atoms with Gasteiger partial charge in [0.1, 0.15) is 24.0 Å². The van der Waals surface area contributed by atoms with Gasteiger partial charge in [0.2, 0.25) is 5.88 Å². The van der Waals surface area contributed by atoms with Gasteiger partial charge in [0.15, 0.2) is 11.4 Å². The molecule has 2 bridgehead atoms. The number of hydrogen-bond donors (Lipinski definition) is 3. The van der Waals surface area contributed by atoms with Crippen LogP contribution in [-0.4, -0.2) is 135 Å². The fourth-order valence-electron chi connectivity index (χ4n) is 13.4. The van der Waals surface area contributed by atoms with Gasteiger partial charge in [-0.3, -0.25) is 24.7 Å². The summed E-state index contributed by atoms with van der Waals surface area (Å²) in [7, 11) is -4.69. The largest absolute Gasteiger partial charge is 0.489 e. The lowest BCUT2D eigenvalue weighted by atomic mass is 9.59. The quantitative estimate of drug-likeness (QED) is 0.0949. The van der Waals surface area contributed by atoms with E-state index in [1.165, 1.54) is 42.9 Å². The summed E-state index contributed by atoms with van der Waals surface area (Å²) in [6, 6.07) is 21.7. The molecule has 5 aromatic rings. The van der Waals surface area contributed by atoms with Crippen molar-refractivity contribution in [2.75, 3.05) is 80.8 Å². The van der Waals surface area contributed by atoms with Crippen molar-refractivity contribution in [1.82, 2.24) is 24.5 Å². The van der Waals surface area contributed by atoms with E-state index in [2.05, 4.69) is 65.8 Å². The van der Waals surface area contributed by atoms with Crippen LogP contribution in [0.2, 0.25) is 0 Å². The summed E-state index contributed by atoms with van der Waals surface area (Å²) >= 11 is 0. The van der Waals surface area contributed by atoms with Crippen LogP contribution in [0, 0.1) is 28.4 Å². The van der Waals surface area contributed by atoms with Crippen molar-refractivity contribution in [3.05, 3.63) is 99.7 Å². The van der Waals surface area contributed by atoms with Crippen LogP contribution in [0.5, 0.6) is 11.6 Å². The summed E-state index contributed by atoms with van der Waals surface area (Å²) in [6.45, 7) is 8.70. The van der Waals surface area contributed by atoms with Gasteiger partial charge in [-0.1, -0.05) is 24.3 Å². The van der Waals surface area contributed by atoms with E-state index in [-0.39, 0.29) is 47.8 Å². The molecule has 8 aliphatic rings. The van der Waals surface area contributed by atoms with E-state index in [4.69, 9.17) is 23.9 Å². The summed E-state index contributed by atoms with van der Waals surface area (Å²) in [5.41, 5.74) is 5.63. The number of nitro benzene ring substituents is 1. The molecule has 378 valence electrons. The van der Waals surface area contributed by atoms with Crippen molar-refractivity contribution in [3.8, 4) is 11.6 Å². The van der Waals surface area contributed by atoms with Crippen LogP contribution in [0.3, 0.4) is 0 Å². The predicted molar refractivity (Wildman–Crippen MR) is 270 cm³/mol. The molecule has 6 fully saturated rings. The van der Waals surface area contributed by atoms with Gasteiger partial charge in [-0.2, -0.15) is 4.98 Å². The third kappa shape index (κ3) is 8.20. The molecule has 1 saturated carbocycles. The molecular formula is C53H61N9O9S. The molecule has 0 radical (unpaired) electrons. The van der Waals surface area contributed by atoms with Crippen LogP contribution in [0.4, 0.5) is 28.4 Å². The van der Waals surface area contributed by atoms with E-state index in [1.54, 1.807) is 6.07 Å². The van der Waals surface area contributed by atoms with Crippen LogP contribution < -0.4 is 29.3 Å². The number of carbonyl (C=O) groups excluding carboxylic acids is 1. The van der Waals surface area contributed by atoms with Crippen molar-refractivity contribution in [1.29, 1.82) is 0 Å². The van der Waals surface area contributed by atoms with Crippen molar-refractivity contribution in [3.63, 3.8) is 0 Å². The van der Waals surface area contributed by atoms with E-state index < -0.39 is 31.4 Å². The first-order chi connectivity index (χ1) is 34.9. The zero-order valence-corrected chi connectivity index (χ0v) is 41.3. The molecule has 6 atom stereocenters. The second kappa shape index (κ2) is 17.9. The second-order valence-electron chi connectivity index (χ2n) is 21.6. The second-order valence-corrected chi connectivity index (χ2v) is 23.3. The number of hydrogen-bond acceptors (Lipinski definition) is 15. The molecule has 1 spiro atoms. The Balaban J connectivity index is 0.791. The predicted octanol–water partition coefficient (Wildman–Crippen LogP) is 7.07. The molecule has 1 aliphatic carbocycles. The number of nitro groups is 1. The number of nitrogens with one attached hydrogen (secondary N) is 3. The molecule has 5 saturated heterocycles. The fourth-order valence-corrected chi connectivity index (χ4v) is 14.4. The number of carbonyl (C=O) groups is 1. The zero-order valence-electron chi connectivity index (χ0n) is 40.5. The molecule has 7 aliphatic heterocycles. The van der Waals surface area contributed by atoms with E-state index >= 15 is 0 Å². The lowest BCUT2D eigenvalue weighted by molar-refractivity contribution is -0.384. The molecule has 3 N–H and O–H groups in total. The highest BCUT2D eigenvalue weighted by Gasteiger charge is 2.50. The minimum Gasteiger partial charge on any atom is -0.489 e. The van der Waals surface area contributed by atoms with Gasteiger partial charge in [-0.15, -0.1) is 0 Å². The number of aromatic amines is 1. The van der Waals surface area contributed by atoms with E-state index in [9.17, 15) is 23.3 Å². The number of anilines is 4. The van der Waals surface area contributed by atoms with Gasteiger partial charge in [0.05, 0.1) is 46.4 Å². The standard InChI is InChI=1S/C53H61N9O9S/c1-32-5-2-3-6-41(32)43-7-4-15-60(43)38-24-53(25-38)12-16-58(17-13-53)36-8-9-42(44(21-36)61-26-34-11-18-68-31-48(34)71-52-46(61)19-33-10-14-54-50(33)56-52)51(63)57-72(66,67)40-22-45(62(64)65)49-47(23-40)70-29-35(55-49)27-59-28-39-20-37(59)30-69-39/h2-3,5-6,8-10,14,19,21-23,34-35,37-39,43,48,55H,4,7,11-13,15-18,20,24-31H2,1H3,(H,54,56)(H,57,63)/t34-,35+,37-,39-,43-,48-/m0/s1. The number of aryl methyl sites for hydroxylation is 1. The van der Waals surface area contributed by atoms with Crippen LogP contribution in [-0.2, 0) is 19.5 Å². The summed E-state index contributed by atoms with van der Waals surface area (Å²) in [4.78, 5) is 44.0. The van der Waals surface area contributed by atoms with Crippen molar-refractivity contribution < 1.29 is 37.1 Å². The third-order valence-corrected chi connectivity index (χ3v) is 18.6. The summed E-state index contributed by atoms with van der Waals surface area (Å²) < 4.78 is 55.4. The number of fused-ring (bicyclic) bond motifs is 6. The van der Waals surface area contributed by atoms with E-state index in [0.29, 0.717) is 85.8 Å². The molecule has 0 unspecified atom stereocenters. The minimum absolute atomic E-state index is 0.000698. The number of morpholine rings is 1. The molecule has 3 aromatic carbocycles. The van der Waals surface area contributed by atoms with Gasteiger partial charge in [0, 0.05) is 92.8 Å². The number of H-pyrrole nitrogens is 1. The smallest absolute Gasteiger partial charge is 0.297 e. The number of rotatable bonds is 10. The van der Waals surface area contributed by atoms with Crippen molar-refractivity contribution in [2.45, 2.75) is 99.6 Å². The normalized spacial score (nSPS) is 27.0. The SMILES string of the molecule is Cc1ccccc1[C@@H]1CCCN1C1CC2(CCN(c3ccc(C(=O)NS(=O)(=O)c4cc5c(c([N+](=O)[O-])c4)N[C@H](CN4C[C@@H]6C[C@H]4CO6)CO5)c(N4C[C@@H]5CCOC[C@@H]5Oc5nc6[nH]ccc6cc54)c3)CC2)C1. The highest BCUT2D eigenvalue weighted by atomic mass is 32.2. The lowest BCUT2D eigenvalue weighted by Crippen LogP contribution is -2.54. The van der Waals surface area contributed by atoms with Gasteiger partial charge in [-0.05, 0) is 112 Å². The van der Waals surface area contributed by atoms with Crippen molar-refractivity contribution in [2.24, 2.45) is 11.3 Å². The zero-order chi connectivity index (χ0) is 48.9. The van der Waals surface area contributed by atoms with Crippen molar-refractivity contribution >= 4 is 55.4 Å². The first kappa shape index (κ1) is 45.8. The maximum atomic E-state index is 14.8. The maximum absolute atomic E-state index is 14.8. The number of benzene rings is 3. The van der Waals surface area contributed by atoms with E-state index in [1.807, 2.05) is 30.5 Å². The average Bonchev–Trinajstić information content (AvgIpc) is 4.20.